The van der Waals surface area contributed by atoms with E-state index in [-0.39, 0.29) is 11.4 Å². The van der Waals surface area contributed by atoms with Gasteiger partial charge in [-0.3, -0.25) is 9.48 Å². The first kappa shape index (κ1) is 19.0. The molecule has 0 aliphatic carbocycles. The molecule has 1 aromatic carbocycles. The number of aryl methyl sites for hydroxylation is 1. The normalized spacial score (nSPS) is 11.4. The third kappa shape index (κ3) is 4.52. The fraction of sp³-hybridized carbons (Fsp3) is 0.300. The van der Waals surface area contributed by atoms with E-state index in [9.17, 15) is 4.79 Å². The van der Waals surface area contributed by atoms with Crippen LogP contribution in [0, 0.1) is 6.92 Å². The second-order valence-electron chi connectivity index (χ2n) is 7.39. The second kappa shape index (κ2) is 7.48. The number of hydrogen-bond donors (Lipinski definition) is 1. The molecule has 3 aromatic rings. The zero-order chi connectivity index (χ0) is 19.6. The van der Waals surface area contributed by atoms with E-state index in [1.165, 1.54) is 6.33 Å². The smallest absolute Gasteiger partial charge is 0.254 e. The molecule has 3 rings (SSSR count). The molecular formula is C20H22ClN5O. The Balaban J connectivity index is 1.69. The molecule has 6 nitrogen and oxygen atoms in total. The zero-order valence-electron chi connectivity index (χ0n) is 15.8. The summed E-state index contributed by atoms with van der Waals surface area (Å²) in [6, 6.07) is 7.70. The molecule has 0 aliphatic heterocycles. The summed E-state index contributed by atoms with van der Waals surface area (Å²) in [5.74, 6) is -0.142. The van der Waals surface area contributed by atoms with Gasteiger partial charge in [0.05, 0.1) is 23.0 Å². The van der Waals surface area contributed by atoms with Gasteiger partial charge in [0.2, 0.25) is 0 Å². The number of nitrogens with zero attached hydrogens (tertiary/aromatic N) is 4. The van der Waals surface area contributed by atoms with E-state index in [0.717, 1.165) is 22.4 Å². The van der Waals surface area contributed by atoms with Crippen LogP contribution in [0.5, 0.6) is 0 Å². The van der Waals surface area contributed by atoms with Crippen molar-refractivity contribution < 1.29 is 4.79 Å². The van der Waals surface area contributed by atoms with Crippen molar-refractivity contribution >= 4 is 17.5 Å². The van der Waals surface area contributed by atoms with Crippen molar-refractivity contribution in [2.45, 2.75) is 39.8 Å². The van der Waals surface area contributed by atoms with E-state index < -0.39 is 0 Å². The number of benzene rings is 1. The molecule has 0 saturated heterocycles. The van der Waals surface area contributed by atoms with E-state index in [4.69, 9.17) is 11.6 Å². The Labute approximate surface area is 163 Å². The molecule has 0 bridgehead atoms. The van der Waals surface area contributed by atoms with E-state index in [1.54, 1.807) is 23.1 Å². The highest BCUT2D eigenvalue weighted by molar-refractivity contribution is 6.29. The van der Waals surface area contributed by atoms with Crippen LogP contribution < -0.4 is 5.32 Å². The Hall–Kier alpha value is -2.73. The van der Waals surface area contributed by atoms with E-state index >= 15 is 0 Å². The Bertz CT molecular complexity index is 974. The van der Waals surface area contributed by atoms with E-state index in [2.05, 4.69) is 20.4 Å². The maximum absolute atomic E-state index is 12.4. The van der Waals surface area contributed by atoms with Crippen LogP contribution in [0.25, 0.3) is 11.3 Å². The van der Waals surface area contributed by atoms with Gasteiger partial charge < -0.3 is 5.32 Å². The van der Waals surface area contributed by atoms with Gasteiger partial charge in [0.1, 0.15) is 11.5 Å². The first-order valence-electron chi connectivity index (χ1n) is 8.65. The minimum atomic E-state index is -0.158. The minimum absolute atomic E-state index is 0.142. The van der Waals surface area contributed by atoms with Crippen LogP contribution in [0.1, 0.15) is 42.3 Å². The molecule has 2 heterocycles. The molecule has 7 heteroatoms. The van der Waals surface area contributed by atoms with Crippen molar-refractivity contribution in [3.63, 3.8) is 0 Å². The number of carbonyl (C=O) groups is 1. The SMILES string of the molecule is Cc1cc(-c2cc(Cl)ncn2)ccc1CNC(=O)c1cnn(C(C)(C)C)c1. The molecule has 140 valence electrons. The van der Waals surface area contributed by atoms with E-state index in [1.807, 2.05) is 45.9 Å². The van der Waals surface area contributed by atoms with Crippen LogP contribution in [-0.4, -0.2) is 25.7 Å². The van der Waals surface area contributed by atoms with Crippen LogP contribution in [0.4, 0.5) is 0 Å². The lowest BCUT2D eigenvalue weighted by atomic mass is 10.0. The molecule has 27 heavy (non-hydrogen) atoms. The number of aromatic nitrogens is 4. The maximum Gasteiger partial charge on any atom is 0.254 e. The number of nitrogens with one attached hydrogen (secondary N) is 1. The Kier molecular flexibility index (Phi) is 5.28. The third-order valence-corrected chi connectivity index (χ3v) is 4.45. The third-order valence-electron chi connectivity index (χ3n) is 4.24. The standard InChI is InChI=1S/C20H22ClN5O/c1-13-7-14(17-8-18(21)24-12-23-17)5-6-15(13)9-22-19(27)16-10-25-26(11-16)20(2,3)4/h5-8,10-12H,9H2,1-4H3,(H,22,27). The van der Waals surface area contributed by atoms with Crippen LogP contribution >= 0.6 is 11.6 Å². The molecule has 0 radical (unpaired) electrons. The fourth-order valence-electron chi connectivity index (χ4n) is 2.63. The van der Waals surface area contributed by atoms with Gasteiger partial charge in [-0.15, -0.1) is 0 Å². The van der Waals surface area contributed by atoms with Gasteiger partial charge in [-0.2, -0.15) is 5.10 Å². The predicted molar refractivity (Wildman–Crippen MR) is 106 cm³/mol. The summed E-state index contributed by atoms with van der Waals surface area (Å²) in [6.45, 7) is 8.56. The summed E-state index contributed by atoms with van der Waals surface area (Å²) in [7, 11) is 0. The quantitative estimate of drug-likeness (QED) is 0.691. The Morgan fingerprint density at radius 3 is 2.63 bits per heavy atom. The van der Waals surface area contributed by atoms with Crippen molar-refractivity contribution in [2.24, 2.45) is 0 Å². The molecule has 0 atom stereocenters. The summed E-state index contributed by atoms with van der Waals surface area (Å²) in [4.78, 5) is 20.5. The number of carbonyl (C=O) groups excluding carboxylic acids is 1. The largest absolute Gasteiger partial charge is 0.348 e. The lowest BCUT2D eigenvalue weighted by Crippen LogP contribution is -2.24. The molecular weight excluding hydrogens is 362 g/mol. The number of amides is 1. The monoisotopic (exact) mass is 383 g/mol. The summed E-state index contributed by atoms with van der Waals surface area (Å²) >= 11 is 5.93. The van der Waals surface area contributed by atoms with Crippen LogP contribution in [0.3, 0.4) is 0 Å². The Morgan fingerprint density at radius 2 is 2.00 bits per heavy atom. The molecule has 0 saturated carbocycles. The molecule has 0 unspecified atom stereocenters. The van der Waals surface area contributed by atoms with Crippen molar-refractivity contribution in [3.05, 3.63) is 64.8 Å². The van der Waals surface area contributed by atoms with Crippen LogP contribution in [0.15, 0.2) is 43.0 Å². The number of halogens is 1. The molecule has 1 amide bonds. The van der Waals surface area contributed by atoms with Gasteiger partial charge in [-0.1, -0.05) is 23.7 Å². The molecule has 1 N–H and O–H groups in total. The lowest BCUT2D eigenvalue weighted by molar-refractivity contribution is 0.0950. The van der Waals surface area contributed by atoms with Crippen molar-refractivity contribution in [3.8, 4) is 11.3 Å². The molecule has 0 aliphatic rings. The molecule has 0 spiro atoms. The van der Waals surface area contributed by atoms with E-state index in [0.29, 0.717) is 17.3 Å². The van der Waals surface area contributed by atoms with Gasteiger partial charge in [-0.05, 0) is 44.9 Å². The lowest BCUT2D eigenvalue weighted by Gasteiger charge is -2.18. The minimum Gasteiger partial charge on any atom is -0.348 e. The Morgan fingerprint density at radius 1 is 1.22 bits per heavy atom. The van der Waals surface area contributed by atoms with Crippen LogP contribution in [0.2, 0.25) is 5.15 Å². The second-order valence-corrected chi connectivity index (χ2v) is 7.78. The molecule has 2 aromatic heterocycles. The predicted octanol–water partition coefficient (Wildman–Crippen LogP) is 3.99. The van der Waals surface area contributed by atoms with Crippen molar-refractivity contribution in [2.75, 3.05) is 0 Å². The fourth-order valence-corrected chi connectivity index (χ4v) is 2.78. The summed E-state index contributed by atoms with van der Waals surface area (Å²) < 4.78 is 1.79. The number of hydrogen-bond acceptors (Lipinski definition) is 4. The van der Waals surface area contributed by atoms with Crippen molar-refractivity contribution in [1.29, 1.82) is 0 Å². The summed E-state index contributed by atoms with van der Waals surface area (Å²) in [6.07, 6.45) is 4.80. The average Bonchev–Trinajstić information content (AvgIpc) is 3.11. The number of rotatable bonds is 4. The maximum atomic E-state index is 12.4. The highest BCUT2D eigenvalue weighted by atomic mass is 35.5. The molecule has 0 fully saturated rings. The first-order valence-corrected chi connectivity index (χ1v) is 9.02. The van der Waals surface area contributed by atoms with Gasteiger partial charge in [0.25, 0.3) is 5.91 Å². The van der Waals surface area contributed by atoms with Gasteiger partial charge in [0.15, 0.2) is 0 Å². The zero-order valence-corrected chi connectivity index (χ0v) is 16.6. The first-order chi connectivity index (χ1) is 12.7. The van der Waals surface area contributed by atoms with Crippen LogP contribution in [-0.2, 0) is 12.1 Å². The van der Waals surface area contributed by atoms with Gasteiger partial charge in [-0.25, -0.2) is 9.97 Å². The van der Waals surface area contributed by atoms with Gasteiger partial charge >= 0.3 is 0 Å². The summed E-state index contributed by atoms with van der Waals surface area (Å²) in [5.41, 5.74) is 4.22. The average molecular weight is 384 g/mol. The summed E-state index contributed by atoms with van der Waals surface area (Å²) in [5, 5.41) is 7.62. The highest BCUT2D eigenvalue weighted by Gasteiger charge is 2.16. The van der Waals surface area contributed by atoms with Crippen molar-refractivity contribution in [1.82, 2.24) is 25.1 Å². The van der Waals surface area contributed by atoms with Gasteiger partial charge in [0, 0.05) is 24.4 Å². The highest BCUT2D eigenvalue weighted by Crippen LogP contribution is 2.22. The topological polar surface area (TPSA) is 72.7 Å².